The molecule has 0 saturated carbocycles. The predicted octanol–water partition coefficient (Wildman–Crippen LogP) is 1.40. The zero-order valence-corrected chi connectivity index (χ0v) is 21.8. The number of likely N-dealkylation sites (N-methyl/N-ethyl adjacent to an activating group) is 1. The van der Waals surface area contributed by atoms with Crippen molar-refractivity contribution in [3.8, 4) is 5.75 Å². The minimum atomic E-state index is -0.487. The second-order valence-corrected chi connectivity index (χ2v) is 11.0. The number of aliphatic hydroxyl groups is 1. The van der Waals surface area contributed by atoms with Gasteiger partial charge in [-0.15, -0.1) is 0 Å². The van der Waals surface area contributed by atoms with E-state index in [0.717, 1.165) is 29.7 Å². The number of benzene rings is 1. The maximum Gasteiger partial charge on any atom is 0.137 e. The molecule has 1 aromatic carbocycles. The van der Waals surface area contributed by atoms with Crippen LogP contribution in [0.3, 0.4) is 0 Å². The van der Waals surface area contributed by atoms with E-state index in [9.17, 15) is 5.11 Å². The summed E-state index contributed by atoms with van der Waals surface area (Å²) in [6.07, 6.45) is 1.09. The van der Waals surface area contributed by atoms with E-state index in [-0.39, 0.29) is 47.0 Å². The van der Waals surface area contributed by atoms with Gasteiger partial charge in [0.25, 0.3) is 0 Å². The molecule has 168 valence electrons. The lowest BCUT2D eigenvalue weighted by molar-refractivity contribution is -0.926. The van der Waals surface area contributed by atoms with Crippen molar-refractivity contribution in [3.63, 3.8) is 0 Å². The Balaban J connectivity index is 0.00000420. The van der Waals surface area contributed by atoms with Crippen LogP contribution in [0.25, 0.3) is 0 Å². The molecule has 1 N–H and O–H groups in total. The number of rotatable bonds is 7. The Morgan fingerprint density at radius 1 is 1.07 bits per heavy atom. The summed E-state index contributed by atoms with van der Waals surface area (Å²) in [7, 11) is 2.20. The molecular formula is C24H42INO3. The molecule has 4 nitrogen and oxygen atoms in total. The molecule has 5 heteroatoms. The summed E-state index contributed by atoms with van der Waals surface area (Å²) >= 11 is 0. The molecular weight excluding hydrogens is 477 g/mol. The normalized spacial score (nSPS) is 26.5. The van der Waals surface area contributed by atoms with Crippen LogP contribution >= 0.6 is 0 Å². The Morgan fingerprint density at radius 2 is 1.59 bits per heavy atom. The number of hydrogen-bond acceptors (Lipinski definition) is 3. The fourth-order valence-electron chi connectivity index (χ4n) is 5.13. The first kappa shape index (κ1) is 26.7. The van der Waals surface area contributed by atoms with Crippen LogP contribution in [0, 0.1) is 5.41 Å². The number of halogens is 1. The Labute approximate surface area is 195 Å². The molecule has 3 atom stereocenters. The molecule has 1 heterocycles. The van der Waals surface area contributed by atoms with Crippen LogP contribution in [0.1, 0.15) is 60.5 Å². The van der Waals surface area contributed by atoms with Gasteiger partial charge in [0.15, 0.2) is 0 Å². The zero-order chi connectivity index (χ0) is 21.2. The fraction of sp³-hybridized carbons (Fsp3) is 0.750. The third-order valence-corrected chi connectivity index (χ3v) is 5.56. The number of quaternary nitrogens is 1. The molecule has 0 spiro atoms. The van der Waals surface area contributed by atoms with Crippen molar-refractivity contribution in [2.45, 2.75) is 78.6 Å². The Hall–Kier alpha value is -0.370. The number of ether oxygens (including phenoxy) is 2. The highest BCUT2D eigenvalue weighted by molar-refractivity contribution is 5.31. The average Bonchev–Trinajstić information content (AvgIpc) is 2.49. The van der Waals surface area contributed by atoms with E-state index in [1.807, 2.05) is 12.1 Å². The quantitative estimate of drug-likeness (QED) is 0.438. The number of hydrogen-bond donors (Lipinski definition) is 1. The van der Waals surface area contributed by atoms with E-state index in [1.54, 1.807) is 0 Å². The molecule has 0 amide bonds. The molecule has 1 aromatic rings. The van der Waals surface area contributed by atoms with Crippen LogP contribution in [0.4, 0.5) is 0 Å². The first-order chi connectivity index (χ1) is 12.8. The van der Waals surface area contributed by atoms with Crippen molar-refractivity contribution in [3.05, 3.63) is 29.8 Å². The van der Waals surface area contributed by atoms with E-state index in [1.165, 1.54) is 5.56 Å². The number of nitrogens with zero attached hydrogens (tertiary/aromatic N) is 1. The summed E-state index contributed by atoms with van der Waals surface area (Å²) in [5.41, 5.74) is 1.74. The lowest BCUT2D eigenvalue weighted by atomic mass is 9.72. The summed E-state index contributed by atoms with van der Waals surface area (Å²) in [6, 6.07) is 8.38. The maximum atomic E-state index is 10.5. The van der Waals surface area contributed by atoms with Crippen LogP contribution in [-0.4, -0.2) is 61.2 Å². The van der Waals surface area contributed by atoms with Crippen molar-refractivity contribution in [1.82, 2.24) is 0 Å². The van der Waals surface area contributed by atoms with Crippen LogP contribution < -0.4 is 28.7 Å². The molecule has 1 aliphatic heterocycles. The van der Waals surface area contributed by atoms with E-state index in [0.29, 0.717) is 13.2 Å². The minimum Gasteiger partial charge on any atom is -1.00 e. The van der Waals surface area contributed by atoms with Gasteiger partial charge in [-0.3, -0.25) is 0 Å². The molecule has 1 saturated heterocycles. The van der Waals surface area contributed by atoms with Crippen molar-refractivity contribution < 1.29 is 43.0 Å². The first-order valence-electron chi connectivity index (χ1n) is 10.7. The highest BCUT2D eigenvalue weighted by Gasteiger charge is 2.35. The lowest BCUT2D eigenvalue weighted by Crippen LogP contribution is -3.00. The fourth-order valence-corrected chi connectivity index (χ4v) is 5.13. The first-order valence-corrected chi connectivity index (χ1v) is 10.7. The zero-order valence-electron chi connectivity index (χ0n) is 19.7. The topological polar surface area (TPSA) is 38.7 Å². The van der Waals surface area contributed by atoms with E-state index in [2.05, 4.69) is 67.6 Å². The van der Waals surface area contributed by atoms with Gasteiger partial charge >= 0.3 is 0 Å². The molecule has 0 radical (unpaired) electrons. The van der Waals surface area contributed by atoms with E-state index < -0.39 is 6.10 Å². The summed E-state index contributed by atoms with van der Waals surface area (Å²) < 4.78 is 12.5. The Kier molecular flexibility index (Phi) is 9.46. The summed E-state index contributed by atoms with van der Waals surface area (Å²) in [4.78, 5) is 0. The summed E-state index contributed by atoms with van der Waals surface area (Å²) in [5.74, 6) is 0.820. The number of morpholine rings is 1. The third kappa shape index (κ3) is 8.72. The van der Waals surface area contributed by atoms with Crippen LogP contribution in [0.2, 0.25) is 0 Å². The standard InChI is InChI=1S/C24H42NO3.HI/c1-18-13-25(8,14-19(2)28-18)15-21(26)16-27-22-11-9-20(10-12-22)24(6,7)17-23(3,4)5;/h9-12,18-19,21,26H,13-17H2,1-8H3;1H/q+1;/p-1. The lowest BCUT2D eigenvalue weighted by Gasteiger charge is -2.43. The molecule has 1 aliphatic rings. The summed E-state index contributed by atoms with van der Waals surface area (Å²) in [5, 5.41) is 10.5. The smallest absolute Gasteiger partial charge is 0.137 e. The molecule has 0 aromatic heterocycles. The highest BCUT2D eigenvalue weighted by atomic mass is 127. The SMILES string of the molecule is CC1C[N+](C)(CC(O)COc2ccc(C(C)(C)CC(C)(C)C)cc2)CC(C)O1.[I-]. The van der Waals surface area contributed by atoms with Crippen molar-refractivity contribution in [2.75, 3.05) is 33.3 Å². The molecule has 3 unspecified atom stereocenters. The molecule has 1 fully saturated rings. The van der Waals surface area contributed by atoms with Gasteiger partial charge in [0.1, 0.15) is 50.3 Å². The van der Waals surface area contributed by atoms with Crippen LogP contribution in [0.15, 0.2) is 24.3 Å². The van der Waals surface area contributed by atoms with Gasteiger partial charge < -0.3 is 43.0 Å². The summed E-state index contributed by atoms with van der Waals surface area (Å²) in [6.45, 7) is 18.5. The van der Waals surface area contributed by atoms with Gasteiger partial charge in [0.2, 0.25) is 0 Å². The second kappa shape index (κ2) is 10.3. The van der Waals surface area contributed by atoms with E-state index >= 15 is 0 Å². The van der Waals surface area contributed by atoms with Crippen molar-refractivity contribution in [2.24, 2.45) is 5.41 Å². The average molecular weight is 520 g/mol. The van der Waals surface area contributed by atoms with Crippen LogP contribution in [-0.2, 0) is 10.2 Å². The van der Waals surface area contributed by atoms with Gasteiger partial charge in [-0.05, 0) is 48.8 Å². The van der Waals surface area contributed by atoms with Crippen molar-refractivity contribution in [1.29, 1.82) is 0 Å². The van der Waals surface area contributed by atoms with Crippen molar-refractivity contribution >= 4 is 0 Å². The minimum absolute atomic E-state index is 0. The molecule has 0 bridgehead atoms. The molecule has 29 heavy (non-hydrogen) atoms. The van der Waals surface area contributed by atoms with E-state index in [4.69, 9.17) is 9.47 Å². The monoisotopic (exact) mass is 519 g/mol. The van der Waals surface area contributed by atoms with Gasteiger partial charge in [0.05, 0.1) is 7.05 Å². The Morgan fingerprint density at radius 3 is 2.07 bits per heavy atom. The van der Waals surface area contributed by atoms with Gasteiger partial charge in [-0.1, -0.05) is 46.8 Å². The van der Waals surface area contributed by atoms with Gasteiger partial charge in [-0.25, -0.2) is 0 Å². The number of aliphatic hydroxyl groups excluding tert-OH is 1. The van der Waals surface area contributed by atoms with Gasteiger partial charge in [0, 0.05) is 0 Å². The largest absolute Gasteiger partial charge is 1.00 e. The second-order valence-electron chi connectivity index (χ2n) is 11.0. The molecule has 2 rings (SSSR count). The van der Waals surface area contributed by atoms with Gasteiger partial charge in [-0.2, -0.15) is 0 Å². The van der Waals surface area contributed by atoms with Crippen LogP contribution in [0.5, 0.6) is 5.75 Å². The third-order valence-electron chi connectivity index (χ3n) is 5.56. The maximum absolute atomic E-state index is 10.5. The highest BCUT2D eigenvalue weighted by Crippen LogP contribution is 2.36. The Bertz CT molecular complexity index is 614. The molecule has 0 aliphatic carbocycles. The predicted molar refractivity (Wildman–Crippen MR) is 116 cm³/mol.